The van der Waals surface area contributed by atoms with Gasteiger partial charge in [-0.1, -0.05) is 52.9 Å². The minimum Gasteiger partial charge on any atom is -0.348 e. The average molecular weight is 284 g/mol. The summed E-state index contributed by atoms with van der Waals surface area (Å²) in [6.07, 6.45) is 0. The molecule has 108 valence electrons. The molecule has 0 spiro atoms. The van der Waals surface area contributed by atoms with Gasteiger partial charge in [0, 0.05) is 5.41 Å². The molecule has 1 rings (SSSR count). The van der Waals surface area contributed by atoms with Crippen molar-refractivity contribution in [2.24, 2.45) is 11.1 Å². The van der Waals surface area contributed by atoms with Gasteiger partial charge in [-0.05, 0) is 5.41 Å². The van der Waals surface area contributed by atoms with Crippen LogP contribution in [0.1, 0.15) is 51.6 Å². The predicted octanol–water partition coefficient (Wildman–Crippen LogP) is 1.83. The van der Waals surface area contributed by atoms with E-state index in [0.29, 0.717) is 6.54 Å². The molecule has 0 aliphatic heterocycles. The molecular formula is C13H24N4OS. The van der Waals surface area contributed by atoms with Crippen molar-refractivity contribution >= 4 is 17.2 Å². The van der Waals surface area contributed by atoms with E-state index < -0.39 is 6.04 Å². The Hall–Kier alpha value is -1.01. The first-order valence-corrected chi connectivity index (χ1v) is 7.19. The molecule has 1 atom stereocenters. The minimum absolute atomic E-state index is 0.0122. The molecular weight excluding hydrogens is 260 g/mol. The van der Waals surface area contributed by atoms with Crippen LogP contribution in [0.2, 0.25) is 0 Å². The van der Waals surface area contributed by atoms with Crippen molar-refractivity contribution in [3.8, 4) is 0 Å². The van der Waals surface area contributed by atoms with Gasteiger partial charge in [-0.25, -0.2) is 0 Å². The SMILES string of the molecule is CC(C)(C)c1nnc(CNC(=O)[C@@H](N)C(C)(C)C)s1. The van der Waals surface area contributed by atoms with Crippen LogP contribution in [0.4, 0.5) is 0 Å². The lowest BCUT2D eigenvalue weighted by atomic mass is 9.87. The Labute approximate surface area is 119 Å². The molecule has 19 heavy (non-hydrogen) atoms. The van der Waals surface area contributed by atoms with Crippen LogP contribution < -0.4 is 11.1 Å². The molecule has 0 fully saturated rings. The fourth-order valence-corrected chi connectivity index (χ4v) is 2.13. The monoisotopic (exact) mass is 284 g/mol. The van der Waals surface area contributed by atoms with E-state index in [1.54, 1.807) is 0 Å². The predicted molar refractivity (Wildman–Crippen MR) is 77.9 cm³/mol. The van der Waals surface area contributed by atoms with E-state index >= 15 is 0 Å². The number of rotatable bonds is 3. The highest BCUT2D eigenvalue weighted by Crippen LogP contribution is 2.25. The smallest absolute Gasteiger partial charge is 0.237 e. The summed E-state index contributed by atoms with van der Waals surface area (Å²) in [7, 11) is 0. The lowest BCUT2D eigenvalue weighted by molar-refractivity contribution is -0.124. The molecule has 1 aromatic heterocycles. The van der Waals surface area contributed by atoms with Gasteiger partial charge in [0.1, 0.15) is 10.0 Å². The van der Waals surface area contributed by atoms with Crippen molar-refractivity contribution in [2.75, 3.05) is 0 Å². The zero-order valence-corrected chi connectivity index (χ0v) is 13.4. The summed E-state index contributed by atoms with van der Waals surface area (Å²) < 4.78 is 0. The van der Waals surface area contributed by atoms with E-state index in [0.717, 1.165) is 10.0 Å². The highest BCUT2D eigenvalue weighted by molar-refractivity contribution is 7.11. The molecule has 5 nitrogen and oxygen atoms in total. The summed E-state index contributed by atoms with van der Waals surface area (Å²) >= 11 is 1.52. The number of hydrogen-bond acceptors (Lipinski definition) is 5. The molecule has 0 unspecified atom stereocenters. The van der Waals surface area contributed by atoms with E-state index in [4.69, 9.17) is 5.73 Å². The highest BCUT2D eigenvalue weighted by Gasteiger charge is 2.27. The molecule has 0 aliphatic rings. The van der Waals surface area contributed by atoms with Crippen LogP contribution in [0.5, 0.6) is 0 Å². The number of nitrogens with zero attached hydrogens (tertiary/aromatic N) is 2. The fourth-order valence-electron chi connectivity index (χ4n) is 1.29. The Kier molecular flexibility index (Phi) is 4.68. The van der Waals surface area contributed by atoms with Gasteiger partial charge in [0.15, 0.2) is 0 Å². The summed E-state index contributed by atoms with van der Waals surface area (Å²) in [6.45, 7) is 12.5. The summed E-state index contributed by atoms with van der Waals surface area (Å²) in [4.78, 5) is 11.9. The second-order valence-corrected chi connectivity index (χ2v) is 7.87. The average Bonchev–Trinajstić information content (AvgIpc) is 2.71. The lowest BCUT2D eigenvalue weighted by Gasteiger charge is -2.25. The van der Waals surface area contributed by atoms with Crippen molar-refractivity contribution < 1.29 is 4.79 Å². The fraction of sp³-hybridized carbons (Fsp3) is 0.769. The maximum absolute atomic E-state index is 11.9. The number of nitrogens with two attached hydrogens (primary N) is 1. The number of amides is 1. The number of hydrogen-bond donors (Lipinski definition) is 2. The van der Waals surface area contributed by atoms with Crippen molar-refractivity contribution in [1.29, 1.82) is 0 Å². The van der Waals surface area contributed by atoms with E-state index in [-0.39, 0.29) is 16.7 Å². The Morgan fingerprint density at radius 2 is 1.84 bits per heavy atom. The van der Waals surface area contributed by atoms with Gasteiger partial charge in [-0.15, -0.1) is 10.2 Å². The topological polar surface area (TPSA) is 80.9 Å². The Bertz CT molecular complexity index is 442. The van der Waals surface area contributed by atoms with Crippen LogP contribution in [0.15, 0.2) is 0 Å². The third-order valence-electron chi connectivity index (χ3n) is 2.74. The van der Waals surface area contributed by atoms with E-state index in [9.17, 15) is 4.79 Å². The van der Waals surface area contributed by atoms with Gasteiger partial charge in [0.25, 0.3) is 0 Å². The lowest BCUT2D eigenvalue weighted by Crippen LogP contribution is -2.48. The zero-order chi connectivity index (χ0) is 14.8. The maximum atomic E-state index is 11.9. The van der Waals surface area contributed by atoms with E-state index in [2.05, 4.69) is 36.3 Å². The second kappa shape index (κ2) is 5.54. The van der Waals surface area contributed by atoms with Gasteiger partial charge in [-0.2, -0.15) is 0 Å². The Balaban J connectivity index is 2.59. The molecule has 1 heterocycles. The Morgan fingerprint density at radius 1 is 1.26 bits per heavy atom. The first-order valence-electron chi connectivity index (χ1n) is 6.38. The zero-order valence-electron chi connectivity index (χ0n) is 12.6. The molecule has 0 saturated carbocycles. The number of nitrogens with one attached hydrogen (secondary N) is 1. The quantitative estimate of drug-likeness (QED) is 0.887. The largest absolute Gasteiger partial charge is 0.348 e. The van der Waals surface area contributed by atoms with Crippen molar-refractivity contribution in [3.05, 3.63) is 10.0 Å². The third-order valence-corrected chi connectivity index (χ3v) is 4.09. The molecule has 0 aliphatic carbocycles. The van der Waals surface area contributed by atoms with Crippen LogP contribution in [0, 0.1) is 5.41 Å². The Morgan fingerprint density at radius 3 is 2.26 bits per heavy atom. The number of aromatic nitrogens is 2. The first-order chi connectivity index (χ1) is 8.51. The summed E-state index contributed by atoms with van der Waals surface area (Å²) in [6, 6.07) is -0.525. The standard InChI is InChI=1S/C13H24N4OS/c1-12(2,3)9(14)10(18)15-7-8-16-17-11(19-8)13(4,5)6/h9H,7,14H2,1-6H3,(H,15,18)/t9-/m1/s1. The van der Waals surface area contributed by atoms with Crippen LogP contribution in [0.3, 0.4) is 0 Å². The summed E-state index contributed by atoms with van der Waals surface area (Å²) in [5.74, 6) is -0.153. The first kappa shape index (κ1) is 16.0. The molecule has 0 aromatic carbocycles. The normalized spacial score (nSPS) is 14.3. The summed E-state index contributed by atoms with van der Waals surface area (Å²) in [5, 5.41) is 12.8. The molecule has 3 N–H and O–H groups in total. The van der Waals surface area contributed by atoms with Crippen LogP contribution >= 0.6 is 11.3 Å². The molecule has 0 radical (unpaired) electrons. The third kappa shape index (κ3) is 4.54. The van der Waals surface area contributed by atoms with Gasteiger partial charge in [0.2, 0.25) is 5.91 Å². The van der Waals surface area contributed by atoms with Crippen LogP contribution in [0.25, 0.3) is 0 Å². The van der Waals surface area contributed by atoms with Crippen molar-refractivity contribution in [1.82, 2.24) is 15.5 Å². The highest BCUT2D eigenvalue weighted by atomic mass is 32.1. The second-order valence-electron chi connectivity index (χ2n) is 6.81. The molecule has 0 bridgehead atoms. The van der Waals surface area contributed by atoms with Gasteiger partial charge < -0.3 is 11.1 Å². The summed E-state index contributed by atoms with van der Waals surface area (Å²) in [5.41, 5.74) is 5.63. The molecule has 1 aromatic rings. The van der Waals surface area contributed by atoms with Crippen molar-refractivity contribution in [2.45, 2.75) is 59.5 Å². The molecule has 6 heteroatoms. The maximum Gasteiger partial charge on any atom is 0.237 e. The van der Waals surface area contributed by atoms with E-state index in [1.807, 2.05) is 20.8 Å². The van der Waals surface area contributed by atoms with E-state index in [1.165, 1.54) is 11.3 Å². The van der Waals surface area contributed by atoms with Crippen LogP contribution in [-0.2, 0) is 16.8 Å². The van der Waals surface area contributed by atoms with Crippen LogP contribution in [-0.4, -0.2) is 22.1 Å². The minimum atomic E-state index is -0.525. The molecule has 0 saturated heterocycles. The molecule has 1 amide bonds. The van der Waals surface area contributed by atoms with Crippen molar-refractivity contribution in [3.63, 3.8) is 0 Å². The van der Waals surface area contributed by atoms with Gasteiger partial charge in [-0.3, -0.25) is 4.79 Å². The van der Waals surface area contributed by atoms with Gasteiger partial charge >= 0.3 is 0 Å². The number of carbonyl (C=O) groups is 1. The number of carbonyl (C=O) groups excluding carboxylic acids is 1. The van der Waals surface area contributed by atoms with Gasteiger partial charge in [0.05, 0.1) is 12.6 Å².